The molecule has 1 heterocycles. The minimum atomic E-state index is -0.502. The highest BCUT2D eigenvalue weighted by molar-refractivity contribution is 5.87. The van der Waals surface area contributed by atoms with Gasteiger partial charge in [0.1, 0.15) is 5.82 Å². The molecule has 8 nitrogen and oxygen atoms in total. The molecule has 0 atom stereocenters. The first kappa shape index (κ1) is 17.2. The van der Waals surface area contributed by atoms with Gasteiger partial charge in [0.15, 0.2) is 11.5 Å². The van der Waals surface area contributed by atoms with Crippen molar-refractivity contribution in [3.8, 4) is 11.5 Å². The van der Waals surface area contributed by atoms with Crippen LogP contribution in [0.1, 0.15) is 5.56 Å². The minimum Gasteiger partial charge on any atom is -0.493 e. The van der Waals surface area contributed by atoms with Crippen molar-refractivity contribution in [1.82, 2.24) is 4.98 Å². The van der Waals surface area contributed by atoms with Crippen LogP contribution < -0.4 is 14.9 Å². The summed E-state index contributed by atoms with van der Waals surface area (Å²) in [5, 5.41) is 16.3. The number of nitro groups is 1. The van der Waals surface area contributed by atoms with Crippen LogP contribution in [0.15, 0.2) is 53.6 Å². The molecule has 1 N–H and O–H groups in total. The third-order valence-corrected chi connectivity index (χ3v) is 3.71. The van der Waals surface area contributed by atoms with Gasteiger partial charge in [-0.05, 0) is 24.3 Å². The Morgan fingerprint density at radius 1 is 1.12 bits per heavy atom. The summed E-state index contributed by atoms with van der Waals surface area (Å²) in [7, 11) is 2.88. The monoisotopic (exact) mass is 352 g/mol. The van der Waals surface area contributed by atoms with Crippen LogP contribution in [0, 0.1) is 10.1 Å². The van der Waals surface area contributed by atoms with Gasteiger partial charge in [-0.1, -0.05) is 18.2 Å². The molecule has 0 radical (unpaired) electrons. The number of para-hydroxylation sites is 1. The molecule has 0 fully saturated rings. The Hall–Kier alpha value is -3.68. The third-order valence-electron chi connectivity index (χ3n) is 3.71. The van der Waals surface area contributed by atoms with Crippen LogP contribution >= 0.6 is 0 Å². The van der Waals surface area contributed by atoms with Crippen molar-refractivity contribution in [2.45, 2.75) is 0 Å². The lowest BCUT2D eigenvalue weighted by Crippen LogP contribution is -2.00. The van der Waals surface area contributed by atoms with Gasteiger partial charge in [0.05, 0.1) is 42.5 Å². The summed E-state index contributed by atoms with van der Waals surface area (Å²) in [4.78, 5) is 15.2. The number of rotatable bonds is 6. The molecular formula is C18H16N4O4. The number of nitrogens with zero attached hydrogens (tertiary/aromatic N) is 3. The number of aromatic nitrogens is 1. The van der Waals surface area contributed by atoms with Gasteiger partial charge >= 0.3 is 0 Å². The summed E-state index contributed by atoms with van der Waals surface area (Å²) in [5.41, 5.74) is 3.74. The predicted octanol–water partition coefficient (Wildman–Crippen LogP) is 3.61. The van der Waals surface area contributed by atoms with Gasteiger partial charge in [0.25, 0.3) is 5.69 Å². The molecule has 1 aromatic heterocycles. The molecule has 0 unspecified atom stereocenters. The van der Waals surface area contributed by atoms with Crippen LogP contribution in [0.5, 0.6) is 11.5 Å². The maximum absolute atomic E-state index is 11.3. The quantitative estimate of drug-likeness (QED) is 0.413. The number of benzene rings is 2. The number of hydrogen-bond donors (Lipinski definition) is 1. The molecule has 2 aromatic carbocycles. The number of fused-ring (bicyclic) bond motifs is 1. The smallest absolute Gasteiger partial charge is 0.282 e. The Labute approximate surface area is 149 Å². The van der Waals surface area contributed by atoms with Crippen LogP contribution in [0.25, 0.3) is 10.9 Å². The van der Waals surface area contributed by atoms with Crippen LogP contribution in [-0.4, -0.2) is 30.3 Å². The fourth-order valence-electron chi connectivity index (χ4n) is 2.44. The maximum Gasteiger partial charge on any atom is 0.282 e. The lowest BCUT2D eigenvalue weighted by Gasteiger charge is -2.08. The zero-order chi connectivity index (χ0) is 18.5. The standard InChI is InChI=1S/C18H16N4O4/c1-25-16-9-13(15(22(23)24)10-17(16)26-2)11-19-21-18-8-7-12-5-3-4-6-14(12)20-18/h3-11H,1-2H3,(H,20,21)/b19-11+. The van der Waals surface area contributed by atoms with Gasteiger partial charge < -0.3 is 9.47 Å². The number of ether oxygens (including phenoxy) is 2. The Bertz CT molecular complexity index is 988. The van der Waals surface area contributed by atoms with Crippen molar-refractivity contribution in [3.05, 3.63) is 64.2 Å². The van der Waals surface area contributed by atoms with E-state index in [1.165, 1.54) is 32.6 Å². The van der Waals surface area contributed by atoms with Gasteiger partial charge in [-0.25, -0.2) is 4.98 Å². The first-order valence-corrected chi connectivity index (χ1v) is 7.67. The highest BCUT2D eigenvalue weighted by Gasteiger charge is 2.18. The number of nitro benzene ring substituents is 1. The normalized spacial score (nSPS) is 10.8. The van der Waals surface area contributed by atoms with Crippen LogP contribution in [0.4, 0.5) is 11.5 Å². The Morgan fingerprint density at radius 2 is 1.85 bits per heavy atom. The van der Waals surface area contributed by atoms with E-state index in [4.69, 9.17) is 9.47 Å². The SMILES string of the molecule is COc1cc(/C=N/Nc2ccc3ccccc3n2)c([N+](=O)[O-])cc1OC. The summed E-state index contributed by atoms with van der Waals surface area (Å²) >= 11 is 0. The fraction of sp³-hybridized carbons (Fsp3) is 0.111. The van der Waals surface area contributed by atoms with Gasteiger partial charge in [0, 0.05) is 5.39 Å². The largest absolute Gasteiger partial charge is 0.493 e. The lowest BCUT2D eigenvalue weighted by atomic mass is 10.1. The number of hydrogen-bond acceptors (Lipinski definition) is 7. The molecule has 3 rings (SSSR count). The predicted molar refractivity (Wildman–Crippen MR) is 99.2 cm³/mol. The molecule has 0 bridgehead atoms. The van der Waals surface area contributed by atoms with E-state index in [1.54, 1.807) is 6.07 Å². The second kappa shape index (κ2) is 7.47. The van der Waals surface area contributed by atoms with E-state index < -0.39 is 4.92 Å². The molecule has 3 aromatic rings. The highest BCUT2D eigenvalue weighted by Crippen LogP contribution is 2.33. The van der Waals surface area contributed by atoms with E-state index in [1.807, 2.05) is 30.3 Å². The summed E-state index contributed by atoms with van der Waals surface area (Å²) in [6.45, 7) is 0. The molecule has 0 spiro atoms. The summed E-state index contributed by atoms with van der Waals surface area (Å²) in [6, 6.07) is 14.2. The van der Waals surface area contributed by atoms with E-state index in [2.05, 4.69) is 15.5 Å². The van der Waals surface area contributed by atoms with Crippen molar-refractivity contribution < 1.29 is 14.4 Å². The summed E-state index contributed by atoms with van der Waals surface area (Å²) < 4.78 is 10.3. The van der Waals surface area contributed by atoms with Gasteiger partial charge in [0.2, 0.25) is 0 Å². The highest BCUT2D eigenvalue weighted by atomic mass is 16.6. The Balaban J connectivity index is 1.87. The van der Waals surface area contributed by atoms with Gasteiger partial charge in [-0.15, -0.1) is 0 Å². The van der Waals surface area contributed by atoms with Crippen molar-refractivity contribution in [2.75, 3.05) is 19.6 Å². The summed E-state index contributed by atoms with van der Waals surface area (Å²) in [5.74, 6) is 1.19. The lowest BCUT2D eigenvalue weighted by molar-refractivity contribution is -0.385. The fourth-order valence-corrected chi connectivity index (χ4v) is 2.44. The zero-order valence-electron chi connectivity index (χ0n) is 14.2. The molecule has 0 saturated heterocycles. The number of hydrazone groups is 1. The molecule has 0 saturated carbocycles. The Morgan fingerprint density at radius 3 is 2.58 bits per heavy atom. The molecular weight excluding hydrogens is 336 g/mol. The molecule has 26 heavy (non-hydrogen) atoms. The second-order valence-corrected chi connectivity index (χ2v) is 5.28. The van der Waals surface area contributed by atoms with Crippen molar-refractivity contribution in [1.29, 1.82) is 0 Å². The molecule has 8 heteroatoms. The van der Waals surface area contributed by atoms with E-state index >= 15 is 0 Å². The number of pyridine rings is 1. The number of anilines is 1. The van der Waals surface area contributed by atoms with E-state index in [-0.39, 0.29) is 17.0 Å². The first-order chi connectivity index (χ1) is 12.6. The third kappa shape index (κ3) is 3.54. The van der Waals surface area contributed by atoms with Crippen molar-refractivity contribution in [3.63, 3.8) is 0 Å². The van der Waals surface area contributed by atoms with Crippen molar-refractivity contribution >= 4 is 28.6 Å². The minimum absolute atomic E-state index is 0.139. The van der Waals surface area contributed by atoms with Crippen LogP contribution in [0.3, 0.4) is 0 Å². The van der Waals surface area contributed by atoms with Crippen LogP contribution in [0.2, 0.25) is 0 Å². The second-order valence-electron chi connectivity index (χ2n) is 5.28. The van der Waals surface area contributed by atoms with Crippen LogP contribution in [-0.2, 0) is 0 Å². The van der Waals surface area contributed by atoms with Gasteiger partial charge in [-0.3, -0.25) is 15.5 Å². The summed E-state index contributed by atoms with van der Waals surface area (Å²) in [6.07, 6.45) is 1.34. The average Bonchev–Trinajstić information content (AvgIpc) is 2.67. The molecule has 0 aliphatic heterocycles. The van der Waals surface area contributed by atoms with Gasteiger partial charge in [-0.2, -0.15) is 5.10 Å². The van der Waals surface area contributed by atoms with Crippen molar-refractivity contribution in [2.24, 2.45) is 5.10 Å². The van der Waals surface area contributed by atoms with E-state index in [0.29, 0.717) is 11.6 Å². The zero-order valence-corrected chi connectivity index (χ0v) is 14.2. The Kier molecular flexibility index (Phi) is 4.93. The first-order valence-electron chi connectivity index (χ1n) is 7.67. The molecule has 0 amide bonds. The molecule has 0 aliphatic carbocycles. The molecule has 132 valence electrons. The topological polar surface area (TPSA) is 98.9 Å². The van der Waals surface area contributed by atoms with E-state index in [9.17, 15) is 10.1 Å². The maximum atomic E-state index is 11.3. The number of methoxy groups -OCH3 is 2. The van der Waals surface area contributed by atoms with E-state index in [0.717, 1.165) is 10.9 Å². The average molecular weight is 352 g/mol. The molecule has 0 aliphatic rings. The number of nitrogens with one attached hydrogen (secondary N) is 1.